The second kappa shape index (κ2) is 7.17. The minimum atomic E-state index is -2.19. The maximum absolute atomic E-state index is 12.2. The molecule has 0 bridgehead atoms. The molecule has 0 aromatic carbocycles. The van der Waals surface area contributed by atoms with E-state index in [0.29, 0.717) is 12.1 Å². The number of halogens is 2. The monoisotopic (exact) mass is 234 g/mol. The maximum atomic E-state index is 12.2. The van der Waals surface area contributed by atoms with Crippen LogP contribution in [0.3, 0.4) is 0 Å². The molecule has 0 spiro atoms. The average molecular weight is 234 g/mol. The highest BCUT2D eigenvalue weighted by Gasteiger charge is 2.21. The third-order valence-electron chi connectivity index (χ3n) is 3.23. The van der Waals surface area contributed by atoms with Crippen molar-refractivity contribution in [2.75, 3.05) is 19.6 Å². The lowest BCUT2D eigenvalue weighted by Crippen LogP contribution is -2.46. The highest BCUT2D eigenvalue weighted by atomic mass is 19.3. The molecule has 1 rings (SSSR count). The molecule has 16 heavy (non-hydrogen) atoms. The van der Waals surface area contributed by atoms with E-state index in [1.54, 1.807) is 0 Å². The number of piperidine rings is 1. The van der Waals surface area contributed by atoms with Gasteiger partial charge in [0.15, 0.2) is 0 Å². The van der Waals surface area contributed by atoms with Crippen molar-refractivity contribution < 1.29 is 8.78 Å². The molecule has 0 amide bonds. The molecule has 1 heterocycles. The van der Waals surface area contributed by atoms with Crippen LogP contribution in [0.2, 0.25) is 0 Å². The number of nitrogens with one attached hydrogen (secondary N) is 1. The van der Waals surface area contributed by atoms with E-state index >= 15 is 0 Å². The molecule has 2 nitrogen and oxygen atoms in total. The van der Waals surface area contributed by atoms with E-state index in [4.69, 9.17) is 0 Å². The van der Waals surface area contributed by atoms with Gasteiger partial charge in [-0.2, -0.15) is 0 Å². The number of likely N-dealkylation sites (tertiary alicyclic amines) is 1. The fourth-order valence-electron chi connectivity index (χ4n) is 2.40. The molecule has 1 saturated heterocycles. The molecule has 1 fully saturated rings. The zero-order valence-corrected chi connectivity index (χ0v) is 10.4. The Balaban J connectivity index is 2.16. The van der Waals surface area contributed by atoms with Crippen molar-refractivity contribution in [3.8, 4) is 0 Å². The van der Waals surface area contributed by atoms with E-state index in [-0.39, 0.29) is 6.54 Å². The first-order valence-electron chi connectivity index (χ1n) is 6.38. The number of hydrogen-bond acceptors (Lipinski definition) is 2. The van der Waals surface area contributed by atoms with Crippen LogP contribution in [0.15, 0.2) is 0 Å². The molecule has 1 N–H and O–H groups in total. The van der Waals surface area contributed by atoms with E-state index < -0.39 is 6.43 Å². The van der Waals surface area contributed by atoms with Crippen LogP contribution in [0.25, 0.3) is 0 Å². The van der Waals surface area contributed by atoms with Crippen molar-refractivity contribution in [1.29, 1.82) is 0 Å². The first-order valence-corrected chi connectivity index (χ1v) is 6.38. The Morgan fingerprint density at radius 1 is 1.31 bits per heavy atom. The van der Waals surface area contributed by atoms with Crippen LogP contribution in [-0.2, 0) is 0 Å². The van der Waals surface area contributed by atoms with E-state index in [1.165, 1.54) is 12.8 Å². The van der Waals surface area contributed by atoms with Gasteiger partial charge >= 0.3 is 0 Å². The summed E-state index contributed by atoms with van der Waals surface area (Å²) in [5.41, 5.74) is 0. The summed E-state index contributed by atoms with van der Waals surface area (Å²) in [6.45, 7) is 5.94. The van der Waals surface area contributed by atoms with Crippen LogP contribution in [-0.4, -0.2) is 43.0 Å². The lowest BCUT2D eigenvalue weighted by Gasteiger charge is -2.33. The molecule has 1 aliphatic rings. The summed E-state index contributed by atoms with van der Waals surface area (Å²) in [6.07, 6.45) is 2.19. The third-order valence-corrected chi connectivity index (χ3v) is 3.23. The zero-order chi connectivity index (χ0) is 12.0. The normalized spacial score (nSPS) is 21.6. The van der Waals surface area contributed by atoms with Gasteiger partial charge in [-0.25, -0.2) is 8.78 Å². The summed E-state index contributed by atoms with van der Waals surface area (Å²) >= 11 is 0. The van der Waals surface area contributed by atoms with Crippen molar-refractivity contribution in [2.45, 2.75) is 58.0 Å². The topological polar surface area (TPSA) is 15.3 Å². The van der Waals surface area contributed by atoms with E-state index in [0.717, 1.165) is 25.9 Å². The summed E-state index contributed by atoms with van der Waals surface area (Å²) in [4.78, 5) is 1.87. The summed E-state index contributed by atoms with van der Waals surface area (Å²) in [5, 5.41) is 3.58. The third kappa shape index (κ3) is 5.21. The number of hydrogen-bond donors (Lipinski definition) is 1. The van der Waals surface area contributed by atoms with Gasteiger partial charge in [-0.1, -0.05) is 13.3 Å². The predicted octanol–water partition coefficient (Wildman–Crippen LogP) is 2.49. The van der Waals surface area contributed by atoms with E-state index in [2.05, 4.69) is 19.2 Å². The lowest BCUT2D eigenvalue weighted by molar-refractivity contribution is 0.0721. The summed E-state index contributed by atoms with van der Waals surface area (Å²) in [7, 11) is 0. The van der Waals surface area contributed by atoms with Crippen molar-refractivity contribution in [3.05, 3.63) is 0 Å². The Kier molecular flexibility index (Phi) is 6.21. The van der Waals surface area contributed by atoms with Gasteiger partial charge in [0.1, 0.15) is 0 Å². The molecule has 1 unspecified atom stereocenters. The Morgan fingerprint density at radius 2 is 1.94 bits per heavy atom. The van der Waals surface area contributed by atoms with Crippen LogP contribution >= 0.6 is 0 Å². The highest BCUT2D eigenvalue weighted by Crippen LogP contribution is 2.13. The Labute approximate surface area is 97.4 Å². The zero-order valence-electron chi connectivity index (χ0n) is 10.4. The summed E-state index contributed by atoms with van der Waals surface area (Å²) in [6, 6.07) is 1.08. The standard InChI is InChI=1S/C12H24F2N2/c1-3-4-10(2)15-11-5-7-16(8-6-11)9-12(13)14/h10-12,15H,3-9H2,1-2H3. The number of alkyl halides is 2. The largest absolute Gasteiger partial charge is 0.311 e. The van der Waals surface area contributed by atoms with Crippen LogP contribution < -0.4 is 5.32 Å². The van der Waals surface area contributed by atoms with Gasteiger partial charge in [0.2, 0.25) is 0 Å². The van der Waals surface area contributed by atoms with Gasteiger partial charge in [0, 0.05) is 12.1 Å². The number of nitrogens with zero attached hydrogens (tertiary/aromatic N) is 1. The van der Waals surface area contributed by atoms with Crippen molar-refractivity contribution in [3.63, 3.8) is 0 Å². The molecule has 0 aromatic heterocycles. The molecule has 1 atom stereocenters. The van der Waals surface area contributed by atoms with Crippen LogP contribution in [0.1, 0.15) is 39.5 Å². The SMILES string of the molecule is CCCC(C)NC1CCN(CC(F)F)CC1. The van der Waals surface area contributed by atoms with Gasteiger partial charge in [0.25, 0.3) is 6.43 Å². The van der Waals surface area contributed by atoms with Gasteiger partial charge in [-0.3, -0.25) is 4.90 Å². The number of rotatable bonds is 6. The summed E-state index contributed by atoms with van der Waals surface area (Å²) in [5.74, 6) is 0. The summed E-state index contributed by atoms with van der Waals surface area (Å²) < 4.78 is 24.3. The minimum absolute atomic E-state index is 0.0583. The molecule has 0 radical (unpaired) electrons. The second-order valence-corrected chi connectivity index (χ2v) is 4.82. The smallest absolute Gasteiger partial charge is 0.251 e. The van der Waals surface area contributed by atoms with Crippen LogP contribution in [0.5, 0.6) is 0 Å². The minimum Gasteiger partial charge on any atom is -0.311 e. The Hall–Kier alpha value is -0.220. The first kappa shape index (κ1) is 13.8. The molecule has 96 valence electrons. The van der Waals surface area contributed by atoms with Gasteiger partial charge in [0.05, 0.1) is 6.54 Å². The molecule has 4 heteroatoms. The fourth-order valence-corrected chi connectivity index (χ4v) is 2.40. The quantitative estimate of drug-likeness (QED) is 0.759. The molecular weight excluding hydrogens is 210 g/mol. The van der Waals surface area contributed by atoms with Crippen molar-refractivity contribution >= 4 is 0 Å². The molecule has 0 aromatic rings. The van der Waals surface area contributed by atoms with Gasteiger partial charge < -0.3 is 5.32 Å². The lowest BCUT2D eigenvalue weighted by atomic mass is 10.0. The van der Waals surface area contributed by atoms with Crippen LogP contribution in [0, 0.1) is 0 Å². The van der Waals surface area contributed by atoms with Gasteiger partial charge in [-0.05, 0) is 39.3 Å². The fraction of sp³-hybridized carbons (Fsp3) is 1.00. The van der Waals surface area contributed by atoms with Crippen molar-refractivity contribution in [2.24, 2.45) is 0 Å². The Morgan fingerprint density at radius 3 is 2.44 bits per heavy atom. The van der Waals surface area contributed by atoms with E-state index in [1.807, 2.05) is 4.90 Å². The Bertz CT molecular complexity index is 180. The average Bonchev–Trinajstić information content (AvgIpc) is 2.20. The van der Waals surface area contributed by atoms with Crippen LogP contribution in [0.4, 0.5) is 8.78 Å². The molecular formula is C12H24F2N2. The molecule has 0 saturated carbocycles. The van der Waals surface area contributed by atoms with Gasteiger partial charge in [-0.15, -0.1) is 0 Å². The van der Waals surface area contributed by atoms with Crippen molar-refractivity contribution in [1.82, 2.24) is 10.2 Å². The molecule has 1 aliphatic heterocycles. The predicted molar refractivity (Wildman–Crippen MR) is 63.0 cm³/mol. The highest BCUT2D eigenvalue weighted by molar-refractivity contribution is 4.79. The van der Waals surface area contributed by atoms with E-state index in [9.17, 15) is 8.78 Å². The molecule has 0 aliphatic carbocycles. The second-order valence-electron chi connectivity index (χ2n) is 4.82. The maximum Gasteiger partial charge on any atom is 0.251 e. The first-order chi connectivity index (χ1) is 7.61.